The quantitative estimate of drug-likeness (QED) is 0.471. The number of hydrogen-bond donors (Lipinski definition) is 1. The fourth-order valence-corrected chi connectivity index (χ4v) is 2.98. The SMILES string of the molecule is CCOC(=O)c1cc(CC)sc1Nc1cc(F)c(F)cc1[N+](=O)[O-]. The van der Waals surface area contributed by atoms with Crippen molar-refractivity contribution in [2.75, 3.05) is 11.9 Å². The molecule has 0 saturated heterocycles. The summed E-state index contributed by atoms with van der Waals surface area (Å²) in [5.41, 5.74) is -0.679. The molecule has 1 N–H and O–H groups in total. The van der Waals surface area contributed by atoms with Gasteiger partial charge in [0.25, 0.3) is 5.69 Å². The number of anilines is 2. The third kappa shape index (κ3) is 3.67. The molecule has 0 spiro atoms. The number of carbonyl (C=O) groups excluding carboxylic acids is 1. The van der Waals surface area contributed by atoms with E-state index in [-0.39, 0.29) is 22.9 Å². The molecule has 0 bridgehead atoms. The van der Waals surface area contributed by atoms with E-state index in [1.807, 2.05) is 6.92 Å². The number of nitro benzene ring substituents is 1. The smallest absolute Gasteiger partial charge is 0.341 e. The maximum atomic E-state index is 13.5. The highest BCUT2D eigenvalue weighted by Gasteiger charge is 2.23. The minimum absolute atomic E-state index is 0.168. The van der Waals surface area contributed by atoms with Crippen LogP contribution in [0.4, 0.5) is 25.2 Å². The highest BCUT2D eigenvalue weighted by atomic mass is 32.1. The summed E-state index contributed by atoms with van der Waals surface area (Å²) >= 11 is 1.19. The van der Waals surface area contributed by atoms with Gasteiger partial charge in [-0.25, -0.2) is 13.6 Å². The number of esters is 1. The Morgan fingerprint density at radius 2 is 1.96 bits per heavy atom. The molecule has 0 aliphatic heterocycles. The molecule has 1 heterocycles. The summed E-state index contributed by atoms with van der Waals surface area (Å²) in [5.74, 6) is -3.15. The fourth-order valence-electron chi connectivity index (χ4n) is 1.98. The zero-order chi connectivity index (χ0) is 17.9. The van der Waals surface area contributed by atoms with Crippen LogP contribution in [0.15, 0.2) is 18.2 Å². The molecule has 0 saturated carbocycles. The van der Waals surface area contributed by atoms with Crippen LogP contribution in [0, 0.1) is 21.7 Å². The molecule has 0 aliphatic carbocycles. The first-order valence-electron chi connectivity index (χ1n) is 7.07. The molecule has 9 heteroatoms. The normalized spacial score (nSPS) is 10.5. The van der Waals surface area contributed by atoms with Gasteiger partial charge < -0.3 is 10.1 Å². The summed E-state index contributed by atoms with van der Waals surface area (Å²) in [6.45, 7) is 3.70. The van der Waals surface area contributed by atoms with E-state index in [4.69, 9.17) is 4.74 Å². The van der Waals surface area contributed by atoms with Crippen molar-refractivity contribution < 1.29 is 23.2 Å². The second kappa shape index (κ2) is 7.35. The number of nitrogens with one attached hydrogen (secondary N) is 1. The van der Waals surface area contributed by atoms with E-state index in [0.717, 1.165) is 4.88 Å². The molecule has 1 aromatic carbocycles. The van der Waals surface area contributed by atoms with Crippen molar-refractivity contribution >= 4 is 33.7 Å². The molecule has 0 aliphatic rings. The number of carbonyl (C=O) groups is 1. The molecule has 0 amide bonds. The number of hydrogen-bond acceptors (Lipinski definition) is 6. The van der Waals surface area contributed by atoms with E-state index in [2.05, 4.69) is 5.32 Å². The van der Waals surface area contributed by atoms with Gasteiger partial charge in [0, 0.05) is 10.9 Å². The Labute approximate surface area is 140 Å². The minimum atomic E-state index is -1.32. The van der Waals surface area contributed by atoms with Crippen LogP contribution < -0.4 is 5.32 Å². The molecular weight excluding hydrogens is 342 g/mol. The van der Waals surface area contributed by atoms with Gasteiger partial charge in [0.1, 0.15) is 10.7 Å². The van der Waals surface area contributed by atoms with Gasteiger partial charge in [-0.2, -0.15) is 0 Å². The Bertz CT molecular complexity index is 792. The van der Waals surface area contributed by atoms with Crippen molar-refractivity contribution in [3.8, 4) is 0 Å². The van der Waals surface area contributed by atoms with E-state index >= 15 is 0 Å². The Morgan fingerprint density at radius 1 is 1.29 bits per heavy atom. The van der Waals surface area contributed by atoms with E-state index < -0.39 is 28.2 Å². The third-order valence-corrected chi connectivity index (χ3v) is 4.31. The Kier molecular flexibility index (Phi) is 5.45. The highest BCUT2D eigenvalue weighted by Crippen LogP contribution is 2.36. The van der Waals surface area contributed by atoms with Gasteiger partial charge in [0.05, 0.1) is 23.2 Å². The fraction of sp³-hybridized carbons (Fsp3) is 0.267. The zero-order valence-electron chi connectivity index (χ0n) is 12.9. The van der Waals surface area contributed by atoms with Crippen molar-refractivity contribution in [2.24, 2.45) is 0 Å². The topological polar surface area (TPSA) is 81.5 Å². The van der Waals surface area contributed by atoms with E-state index in [1.165, 1.54) is 11.3 Å². The lowest BCUT2D eigenvalue weighted by Crippen LogP contribution is -2.06. The van der Waals surface area contributed by atoms with Crippen LogP contribution >= 0.6 is 11.3 Å². The Morgan fingerprint density at radius 3 is 2.54 bits per heavy atom. The number of rotatable bonds is 6. The highest BCUT2D eigenvalue weighted by molar-refractivity contribution is 7.16. The van der Waals surface area contributed by atoms with Crippen molar-refractivity contribution in [3.63, 3.8) is 0 Å². The summed E-state index contributed by atoms with van der Waals surface area (Å²) < 4.78 is 31.6. The largest absolute Gasteiger partial charge is 0.462 e. The number of aryl methyl sites for hydroxylation is 1. The summed E-state index contributed by atoms with van der Waals surface area (Å²) in [7, 11) is 0. The van der Waals surface area contributed by atoms with Gasteiger partial charge in [0.15, 0.2) is 11.6 Å². The monoisotopic (exact) mass is 356 g/mol. The molecule has 128 valence electrons. The Hall–Kier alpha value is -2.55. The van der Waals surface area contributed by atoms with Gasteiger partial charge in [-0.1, -0.05) is 6.92 Å². The van der Waals surface area contributed by atoms with Crippen LogP contribution in [-0.4, -0.2) is 17.5 Å². The predicted octanol–water partition coefficient (Wildman–Crippen LogP) is 4.42. The second-order valence-electron chi connectivity index (χ2n) is 4.70. The maximum Gasteiger partial charge on any atom is 0.341 e. The van der Waals surface area contributed by atoms with Crippen LogP contribution in [-0.2, 0) is 11.2 Å². The molecule has 2 aromatic rings. The lowest BCUT2D eigenvalue weighted by molar-refractivity contribution is -0.384. The van der Waals surface area contributed by atoms with Crippen molar-refractivity contribution in [1.82, 2.24) is 0 Å². The molecular formula is C15H14F2N2O4S. The zero-order valence-corrected chi connectivity index (χ0v) is 13.7. The average Bonchev–Trinajstić information content (AvgIpc) is 2.93. The lowest BCUT2D eigenvalue weighted by atomic mass is 10.2. The predicted molar refractivity (Wildman–Crippen MR) is 85.9 cm³/mol. The van der Waals surface area contributed by atoms with Crippen molar-refractivity contribution in [1.29, 1.82) is 0 Å². The van der Waals surface area contributed by atoms with Crippen molar-refractivity contribution in [3.05, 3.63) is 50.4 Å². The van der Waals surface area contributed by atoms with Crippen LogP contribution in [0.25, 0.3) is 0 Å². The summed E-state index contributed by atoms with van der Waals surface area (Å²) in [4.78, 5) is 23.1. The number of nitro groups is 1. The number of ether oxygens (including phenoxy) is 1. The molecule has 0 radical (unpaired) electrons. The molecule has 0 atom stereocenters. The van der Waals surface area contributed by atoms with E-state index in [0.29, 0.717) is 18.6 Å². The van der Waals surface area contributed by atoms with Crippen LogP contribution in [0.3, 0.4) is 0 Å². The van der Waals surface area contributed by atoms with E-state index in [9.17, 15) is 23.7 Å². The average molecular weight is 356 g/mol. The third-order valence-electron chi connectivity index (χ3n) is 3.11. The number of thiophene rings is 1. The van der Waals surface area contributed by atoms with Crippen LogP contribution in [0.2, 0.25) is 0 Å². The first-order chi connectivity index (χ1) is 11.4. The summed E-state index contributed by atoms with van der Waals surface area (Å²) in [6.07, 6.45) is 0.638. The minimum Gasteiger partial charge on any atom is -0.462 e. The van der Waals surface area contributed by atoms with Gasteiger partial charge in [-0.3, -0.25) is 10.1 Å². The molecule has 2 rings (SSSR count). The Balaban J connectivity index is 2.48. The summed E-state index contributed by atoms with van der Waals surface area (Å²) in [5, 5.41) is 14.0. The first-order valence-corrected chi connectivity index (χ1v) is 7.89. The van der Waals surface area contributed by atoms with Crippen LogP contribution in [0.1, 0.15) is 29.1 Å². The molecule has 24 heavy (non-hydrogen) atoms. The summed E-state index contributed by atoms with van der Waals surface area (Å²) in [6, 6.07) is 2.79. The van der Waals surface area contributed by atoms with Gasteiger partial charge in [0.2, 0.25) is 0 Å². The van der Waals surface area contributed by atoms with Crippen molar-refractivity contribution in [2.45, 2.75) is 20.3 Å². The molecule has 0 unspecified atom stereocenters. The van der Waals surface area contributed by atoms with Gasteiger partial charge in [-0.05, 0) is 19.4 Å². The van der Waals surface area contributed by atoms with Gasteiger partial charge in [-0.15, -0.1) is 11.3 Å². The number of nitrogens with zero attached hydrogens (tertiary/aromatic N) is 1. The standard InChI is InChI=1S/C15H14F2N2O4S/c1-3-8-5-9(15(20)23-4-2)14(24-8)18-12-6-10(16)11(17)7-13(12)19(21)22/h5-7,18H,3-4H2,1-2H3. The van der Waals surface area contributed by atoms with Gasteiger partial charge >= 0.3 is 5.97 Å². The number of benzene rings is 1. The van der Waals surface area contributed by atoms with E-state index in [1.54, 1.807) is 13.0 Å². The maximum absolute atomic E-state index is 13.5. The molecule has 6 nitrogen and oxygen atoms in total. The second-order valence-corrected chi connectivity index (χ2v) is 5.83. The molecule has 1 aromatic heterocycles. The van der Waals surface area contributed by atoms with Crippen LogP contribution in [0.5, 0.6) is 0 Å². The first kappa shape index (κ1) is 17.8. The molecule has 0 fully saturated rings. The lowest BCUT2D eigenvalue weighted by Gasteiger charge is -2.08. The number of halogens is 2.